The van der Waals surface area contributed by atoms with E-state index in [1.165, 1.54) is 0 Å². The number of anilines is 1. The first-order valence-electron chi connectivity index (χ1n) is 11.5. The highest BCUT2D eigenvalue weighted by Crippen LogP contribution is 2.48. The molecule has 0 aliphatic carbocycles. The molecule has 0 amide bonds. The van der Waals surface area contributed by atoms with Crippen LogP contribution in [0.15, 0.2) is 97.4 Å². The van der Waals surface area contributed by atoms with Crippen molar-refractivity contribution >= 4 is 80.2 Å². The second-order valence-electron chi connectivity index (χ2n) is 8.62. The minimum Gasteiger partial charge on any atom is -0.503 e. The molecule has 190 valence electrons. The van der Waals surface area contributed by atoms with Gasteiger partial charge in [-0.15, -0.1) is 0 Å². The van der Waals surface area contributed by atoms with Crippen LogP contribution < -0.4 is 9.75 Å². The molecule has 1 aliphatic heterocycles. The maximum Gasteiger partial charge on any atom is 0.207 e. The monoisotopic (exact) mass is 713 g/mol. The summed E-state index contributed by atoms with van der Waals surface area (Å²) >= 11 is 11.9. The van der Waals surface area contributed by atoms with Gasteiger partial charge in [-0.25, -0.2) is 9.99 Å². The number of aromatic hydroxyl groups is 2. The fourth-order valence-electron chi connectivity index (χ4n) is 4.31. The molecule has 6 rings (SSSR count). The molecule has 0 saturated carbocycles. The molecule has 1 aliphatic rings. The smallest absolute Gasteiger partial charge is 0.207 e. The number of ether oxygens (including phenoxy) is 1. The minimum atomic E-state index is -0.264. The average molecular weight is 716 g/mol. The Morgan fingerprint density at radius 2 is 1.66 bits per heavy atom. The summed E-state index contributed by atoms with van der Waals surface area (Å²) in [6, 6.07) is 25.0. The Bertz CT molecular complexity index is 1670. The van der Waals surface area contributed by atoms with E-state index in [2.05, 4.69) is 47.8 Å². The van der Waals surface area contributed by atoms with Crippen LogP contribution in [0.4, 0.5) is 5.13 Å². The quantitative estimate of drug-likeness (QED) is 0.178. The molecule has 0 spiro atoms. The van der Waals surface area contributed by atoms with Crippen LogP contribution in [0.5, 0.6) is 23.0 Å². The number of fused-ring (bicyclic) bond motifs is 1. The number of thiazole rings is 1. The van der Waals surface area contributed by atoms with Gasteiger partial charge in [-0.05, 0) is 104 Å². The first-order valence-corrected chi connectivity index (χ1v) is 14.7. The van der Waals surface area contributed by atoms with Crippen molar-refractivity contribution in [2.75, 3.05) is 5.01 Å². The Morgan fingerprint density at radius 3 is 2.42 bits per heavy atom. The lowest BCUT2D eigenvalue weighted by molar-refractivity contribution is 0.397. The molecule has 2 heterocycles. The minimum absolute atomic E-state index is 0.215. The van der Waals surface area contributed by atoms with Crippen molar-refractivity contribution in [3.8, 4) is 23.0 Å². The number of phenols is 2. The summed E-state index contributed by atoms with van der Waals surface area (Å²) in [5, 5.41) is 28.4. The SMILES string of the molecule is Oc1c(Br)cc(C2CC(c3ccc(Oc4cccc(Br)c4)cc3)=NN2c2nc3ccccc3s2)c(Br)c1O. The molecule has 1 unspecified atom stereocenters. The summed E-state index contributed by atoms with van der Waals surface area (Å²) in [4.78, 5) is 4.83. The Labute approximate surface area is 247 Å². The molecule has 2 N–H and O–H groups in total. The number of hydrogen-bond acceptors (Lipinski definition) is 7. The van der Waals surface area contributed by atoms with Gasteiger partial charge in [0, 0.05) is 10.9 Å². The van der Waals surface area contributed by atoms with Gasteiger partial charge >= 0.3 is 0 Å². The van der Waals surface area contributed by atoms with E-state index in [-0.39, 0.29) is 17.5 Å². The van der Waals surface area contributed by atoms with Gasteiger partial charge in [0.1, 0.15) is 11.5 Å². The Morgan fingerprint density at radius 1 is 0.868 bits per heavy atom. The van der Waals surface area contributed by atoms with Crippen LogP contribution in [0.3, 0.4) is 0 Å². The Balaban J connectivity index is 1.37. The third-order valence-corrected chi connectivity index (χ3v) is 9.12. The number of aromatic nitrogens is 1. The van der Waals surface area contributed by atoms with Gasteiger partial charge in [0.05, 0.1) is 30.9 Å². The molecule has 0 radical (unpaired) electrons. The number of halogens is 3. The predicted octanol–water partition coefficient (Wildman–Crippen LogP) is 9.14. The lowest BCUT2D eigenvalue weighted by Gasteiger charge is -2.23. The van der Waals surface area contributed by atoms with Gasteiger partial charge in [0.25, 0.3) is 0 Å². The molecular formula is C28H18Br3N3O3S. The summed E-state index contributed by atoms with van der Waals surface area (Å²) in [5.74, 6) is 1.03. The number of benzene rings is 4. The van der Waals surface area contributed by atoms with Crippen molar-refractivity contribution in [3.05, 3.63) is 103 Å². The zero-order valence-corrected chi connectivity index (χ0v) is 25.1. The first-order chi connectivity index (χ1) is 18.4. The Kier molecular flexibility index (Phi) is 6.90. The van der Waals surface area contributed by atoms with Crippen LogP contribution in [0, 0.1) is 0 Å². The van der Waals surface area contributed by atoms with E-state index in [9.17, 15) is 10.2 Å². The van der Waals surface area contributed by atoms with Crippen molar-refractivity contribution < 1.29 is 14.9 Å². The molecule has 1 aromatic heterocycles. The van der Waals surface area contributed by atoms with E-state index in [4.69, 9.17) is 14.8 Å². The fraction of sp³-hybridized carbons (Fsp3) is 0.0714. The zero-order chi connectivity index (χ0) is 26.4. The maximum absolute atomic E-state index is 10.5. The van der Waals surface area contributed by atoms with Crippen LogP contribution in [-0.2, 0) is 0 Å². The van der Waals surface area contributed by atoms with E-state index >= 15 is 0 Å². The van der Waals surface area contributed by atoms with Gasteiger partial charge in [-0.1, -0.05) is 45.5 Å². The second-order valence-corrected chi connectivity index (χ2v) is 12.2. The number of rotatable bonds is 5. The van der Waals surface area contributed by atoms with Crippen LogP contribution in [0.1, 0.15) is 23.6 Å². The lowest BCUT2D eigenvalue weighted by atomic mass is 9.98. The summed E-state index contributed by atoms with van der Waals surface area (Å²) in [5.41, 5.74) is 3.51. The summed E-state index contributed by atoms with van der Waals surface area (Å²) in [7, 11) is 0. The summed E-state index contributed by atoms with van der Waals surface area (Å²) in [6.45, 7) is 0. The number of hydrogen-bond donors (Lipinski definition) is 2. The molecule has 38 heavy (non-hydrogen) atoms. The number of para-hydroxylation sites is 1. The lowest BCUT2D eigenvalue weighted by Crippen LogP contribution is -2.19. The number of hydrazone groups is 1. The molecule has 1 atom stereocenters. The highest BCUT2D eigenvalue weighted by atomic mass is 79.9. The molecule has 6 nitrogen and oxygen atoms in total. The second kappa shape index (κ2) is 10.3. The van der Waals surface area contributed by atoms with Crippen molar-refractivity contribution in [3.63, 3.8) is 0 Å². The highest BCUT2D eigenvalue weighted by molar-refractivity contribution is 9.11. The van der Waals surface area contributed by atoms with Gasteiger partial charge in [-0.3, -0.25) is 0 Å². The van der Waals surface area contributed by atoms with E-state index in [0.29, 0.717) is 15.4 Å². The molecule has 0 saturated heterocycles. The van der Waals surface area contributed by atoms with Crippen molar-refractivity contribution in [2.45, 2.75) is 12.5 Å². The Hall–Kier alpha value is -2.92. The van der Waals surface area contributed by atoms with Crippen molar-refractivity contribution in [1.29, 1.82) is 0 Å². The molecular weight excluding hydrogens is 698 g/mol. The number of nitrogens with zero attached hydrogens (tertiary/aromatic N) is 3. The third-order valence-electron chi connectivity index (χ3n) is 6.16. The summed E-state index contributed by atoms with van der Waals surface area (Å²) in [6.07, 6.45) is 0.566. The fourth-order valence-corrected chi connectivity index (χ4v) is 6.65. The maximum atomic E-state index is 10.5. The van der Waals surface area contributed by atoms with Crippen LogP contribution >= 0.6 is 59.1 Å². The molecule has 4 aromatic carbocycles. The standard InChI is InChI=1S/C28H18Br3N3O3S/c29-16-4-3-5-18(12-16)37-17-10-8-15(9-11-17)22-14-23(19-13-20(30)26(35)27(36)25(19)31)34(33-22)28-32-21-6-1-2-7-24(21)38-28/h1-13,23,35-36H,14H2. The van der Waals surface area contributed by atoms with Crippen molar-refractivity contribution in [1.82, 2.24) is 4.98 Å². The van der Waals surface area contributed by atoms with Crippen LogP contribution in [0.2, 0.25) is 0 Å². The highest BCUT2D eigenvalue weighted by Gasteiger charge is 2.34. The zero-order valence-electron chi connectivity index (χ0n) is 19.5. The van der Waals surface area contributed by atoms with Gasteiger partial charge < -0.3 is 14.9 Å². The predicted molar refractivity (Wildman–Crippen MR) is 162 cm³/mol. The van der Waals surface area contributed by atoms with Crippen molar-refractivity contribution in [2.24, 2.45) is 5.10 Å². The molecule has 0 bridgehead atoms. The van der Waals surface area contributed by atoms with E-state index in [1.807, 2.05) is 77.8 Å². The normalized spacial score (nSPS) is 15.2. The van der Waals surface area contributed by atoms with E-state index in [1.54, 1.807) is 17.4 Å². The molecule has 0 fully saturated rings. The van der Waals surface area contributed by atoms with Gasteiger partial charge in [-0.2, -0.15) is 5.10 Å². The summed E-state index contributed by atoms with van der Waals surface area (Å²) < 4.78 is 8.83. The third kappa shape index (κ3) is 4.82. The van der Waals surface area contributed by atoms with Gasteiger partial charge in [0.15, 0.2) is 11.5 Å². The molecule has 10 heteroatoms. The van der Waals surface area contributed by atoms with E-state index < -0.39 is 0 Å². The number of phenolic OH excluding ortho intramolecular Hbond substituents is 2. The largest absolute Gasteiger partial charge is 0.503 e. The van der Waals surface area contributed by atoms with E-state index in [0.717, 1.165) is 48.2 Å². The molecule has 5 aromatic rings. The topological polar surface area (TPSA) is 78.2 Å². The first kappa shape index (κ1) is 25.4. The average Bonchev–Trinajstić information content (AvgIpc) is 3.55. The van der Waals surface area contributed by atoms with Crippen LogP contribution in [-0.4, -0.2) is 20.9 Å². The van der Waals surface area contributed by atoms with Crippen LogP contribution in [0.25, 0.3) is 10.2 Å². The van der Waals surface area contributed by atoms with Gasteiger partial charge in [0.2, 0.25) is 5.13 Å².